The van der Waals surface area contributed by atoms with Crippen molar-refractivity contribution < 1.29 is 9.53 Å². The SMILES string of the molecule is Cc1cc(C)c(C)c(OCCCNC(=O)c2cncc(Br)c2)c1. The normalized spacial score (nSPS) is 10.4. The third-order valence-electron chi connectivity index (χ3n) is 3.60. The van der Waals surface area contributed by atoms with Crippen LogP contribution in [0.4, 0.5) is 0 Å². The van der Waals surface area contributed by atoms with Gasteiger partial charge in [-0.25, -0.2) is 0 Å². The number of nitrogens with zero attached hydrogens (tertiary/aromatic N) is 1. The van der Waals surface area contributed by atoms with Gasteiger partial charge >= 0.3 is 0 Å². The number of carbonyl (C=O) groups excluding carboxylic acids is 1. The predicted molar refractivity (Wildman–Crippen MR) is 95.0 cm³/mol. The molecule has 1 N–H and O–H groups in total. The fraction of sp³-hybridized carbons (Fsp3) is 0.333. The molecule has 0 saturated heterocycles. The summed E-state index contributed by atoms with van der Waals surface area (Å²) in [6, 6.07) is 5.94. The molecule has 0 atom stereocenters. The minimum atomic E-state index is -0.124. The maximum Gasteiger partial charge on any atom is 0.252 e. The number of halogens is 1. The molecule has 0 fully saturated rings. The van der Waals surface area contributed by atoms with Crippen molar-refractivity contribution in [3.8, 4) is 5.75 Å². The monoisotopic (exact) mass is 376 g/mol. The number of carbonyl (C=O) groups is 1. The van der Waals surface area contributed by atoms with E-state index in [1.165, 1.54) is 16.7 Å². The van der Waals surface area contributed by atoms with E-state index in [0.717, 1.165) is 16.6 Å². The maximum absolute atomic E-state index is 12.0. The van der Waals surface area contributed by atoms with Gasteiger partial charge in [0.25, 0.3) is 5.91 Å². The van der Waals surface area contributed by atoms with Gasteiger partial charge in [-0.1, -0.05) is 6.07 Å². The Morgan fingerprint density at radius 1 is 1.22 bits per heavy atom. The lowest BCUT2D eigenvalue weighted by Gasteiger charge is -2.12. The van der Waals surface area contributed by atoms with Crippen LogP contribution in [0.5, 0.6) is 5.75 Å². The first-order valence-electron chi connectivity index (χ1n) is 7.57. The summed E-state index contributed by atoms with van der Waals surface area (Å²) in [5, 5.41) is 2.87. The Balaban J connectivity index is 1.77. The molecular formula is C18H21BrN2O2. The highest BCUT2D eigenvalue weighted by Crippen LogP contribution is 2.23. The second-order valence-electron chi connectivity index (χ2n) is 5.55. The van der Waals surface area contributed by atoms with Crippen molar-refractivity contribution in [2.45, 2.75) is 27.2 Å². The van der Waals surface area contributed by atoms with Gasteiger partial charge in [0, 0.05) is 23.4 Å². The minimum Gasteiger partial charge on any atom is -0.493 e. The van der Waals surface area contributed by atoms with Crippen LogP contribution in [0.25, 0.3) is 0 Å². The summed E-state index contributed by atoms with van der Waals surface area (Å²) < 4.78 is 6.62. The third-order valence-corrected chi connectivity index (χ3v) is 4.03. The second kappa shape index (κ2) is 8.11. The predicted octanol–water partition coefficient (Wildman–Crippen LogP) is 3.97. The molecular weight excluding hydrogens is 356 g/mol. The first-order valence-corrected chi connectivity index (χ1v) is 8.36. The van der Waals surface area contributed by atoms with Crippen molar-refractivity contribution >= 4 is 21.8 Å². The van der Waals surface area contributed by atoms with Crippen molar-refractivity contribution in [2.75, 3.05) is 13.2 Å². The van der Waals surface area contributed by atoms with Crippen LogP contribution in [0.15, 0.2) is 35.1 Å². The highest BCUT2D eigenvalue weighted by atomic mass is 79.9. The number of benzene rings is 1. The van der Waals surface area contributed by atoms with Crippen molar-refractivity contribution in [3.05, 3.63) is 57.3 Å². The van der Waals surface area contributed by atoms with Crippen LogP contribution in [-0.4, -0.2) is 24.0 Å². The Bertz CT molecular complexity index is 701. The molecule has 2 rings (SSSR count). The van der Waals surface area contributed by atoms with E-state index in [2.05, 4.69) is 53.1 Å². The van der Waals surface area contributed by atoms with Gasteiger partial charge in [-0.3, -0.25) is 9.78 Å². The van der Waals surface area contributed by atoms with Crippen LogP contribution in [0.1, 0.15) is 33.5 Å². The molecule has 0 saturated carbocycles. The summed E-state index contributed by atoms with van der Waals surface area (Å²) in [4.78, 5) is 15.9. The van der Waals surface area contributed by atoms with Crippen LogP contribution in [0.2, 0.25) is 0 Å². The van der Waals surface area contributed by atoms with Gasteiger partial charge in [-0.05, 0) is 71.9 Å². The molecule has 1 aromatic heterocycles. The van der Waals surface area contributed by atoms with Gasteiger partial charge in [0.15, 0.2) is 0 Å². The Kier molecular flexibility index (Phi) is 6.16. The Morgan fingerprint density at radius 2 is 2.00 bits per heavy atom. The molecule has 0 aliphatic heterocycles. The van der Waals surface area contributed by atoms with Gasteiger partial charge in [-0.15, -0.1) is 0 Å². The number of aromatic nitrogens is 1. The molecule has 0 bridgehead atoms. The second-order valence-corrected chi connectivity index (χ2v) is 6.47. The number of pyridine rings is 1. The van der Waals surface area contributed by atoms with Crippen LogP contribution < -0.4 is 10.1 Å². The van der Waals surface area contributed by atoms with E-state index in [1.54, 1.807) is 18.5 Å². The highest BCUT2D eigenvalue weighted by Gasteiger charge is 2.06. The van der Waals surface area contributed by atoms with E-state index < -0.39 is 0 Å². The van der Waals surface area contributed by atoms with Crippen molar-refractivity contribution in [1.29, 1.82) is 0 Å². The van der Waals surface area contributed by atoms with E-state index in [1.807, 2.05) is 6.07 Å². The van der Waals surface area contributed by atoms with Crippen molar-refractivity contribution in [3.63, 3.8) is 0 Å². The van der Waals surface area contributed by atoms with Gasteiger partial charge < -0.3 is 10.1 Å². The molecule has 1 heterocycles. The number of hydrogen-bond donors (Lipinski definition) is 1. The minimum absolute atomic E-state index is 0.124. The zero-order valence-corrected chi connectivity index (χ0v) is 15.2. The highest BCUT2D eigenvalue weighted by molar-refractivity contribution is 9.10. The smallest absolute Gasteiger partial charge is 0.252 e. The Labute approximate surface area is 145 Å². The number of aryl methyl sites for hydroxylation is 2. The molecule has 5 heteroatoms. The molecule has 1 amide bonds. The Morgan fingerprint density at radius 3 is 2.74 bits per heavy atom. The quantitative estimate of drug-likeness (QED) is 0.776. The zero-order valence-electron chi connectivity index (χ0n) is 13.6. The van der Waals surface area contributed by atoms with E-state index in [4.69, 9.17) is 4.74 Å². The van der Waals surface area contributed by atoms with E-state index in [0.29, 0.717) is 18.7 Å². The molecule has 0 unspecified atom stereocenters. The molecule has 0 aliphatic rings. The summed E-state index contributed by atoms with van der Waals surface area (Å²) >= 11 is 3.31. The zero-order chi connectivity index (χ0) is 16.8. The van der Waals surface area contributed by atoms with Crippen molar-refractivity contribution in [1.82, 2.24) is 10.3 Å². The molecule has 0 radical (unpaired) electrons. The number of hydrogen-bond acceptors (Lipinski definition) is 3. The van der Waals surface area contributed by atoms with Crippen molar-refractivity contribution in [2.24, 2.45) is 0 Å². The van der Waals surface area contributed by atoms with E-state index in [9.17, 15) is 4.79 Å². The molecule has 1 aromatic carbocycles. The van der Waals surface area contributed by atoms with Gasteiger partial charge in [0.1, 0.15) is 5.75 Å². The fourth-order valence-electron chi connectivity index (χ4n) is 2.25. The lowest BCUT2D eigenvalue weighted by molar-refractivity contribution is 0.0951. The van der Waals surface area contributed by atoms with Crippen LogP contribution in [-0.2, 0) is 0 Å². The molecule has 0 aliphatic carbocycles. The molecule has 4 nitrogen and oxygen atoms in total. The topological polar surface area (TPSA) is 51.2 Å². The number of nitrogens with one attached hydrogen (secondary N) is 1. The number of amides is 1. The average Bonchev–Trinajstić information content (AvgIpc) is 2.51. The maximum atomic E-state index is 12.0. The van der Waals surface area contributed by atoms with Gasteiger partial charge in [0.05, 0.1) is 12.2 Å². The first-order chi connectivity index (χ1) is 11.0. The summed E-state index contributed by atoms with van der Waals surface area (Å²) in [5.74, 6) is 0.798. The van der Waals surface area contributed by atoms with Crippen LogP contribution in [0.3, 0.4) is 0 Å². The third kappa shape index (κ3) is 5.06. The van der Waals surface area contributed by atoms with E-state index in [-0.39, 0.29) is 5.91 Å². The standard InChI is InChI=1S/C18H21BrN2O2/c1-12-7-13(2)14(3)17(8-12)23-6-4-5-21-18(22)15-9-16(19)11-20-10-15/h7-11H,4-6H2,1-3H3,(H,21,22). The fourth-order valence-corrected chi connectivity index (χ4v) is 2.61. The average molecular weight is 377 g/mol. The summed E-state index contributed by atoms with van der Waals surface area (Å²) in [7, 11) is 0. The largest absolute Gasteiger partial charge is 0.493 e. The Hall–Kier alpha value is -1.88. The first kappa shape index (κ1) is 17.5. The lowest BCUT2D eigenvalue weighted by Crippen LogP contribution is -2.25. The summed E-state index contributed by atoms with van der Waals surface area (Å²) in [6.07, 6.45) is 3.95. The molecule has 122 valence electrons. The lowest BCUT2D eigenvalue weighted by atomic mass is 10.1. The summed E-state index contributed by atoms with van der Waals surface area (Å²) in [5.41, 5.74) is 4.14. The van der Waals surface area contributed by atoms with Gasteiger partial charge in [-0.2, -0.15) is 0 Å². The van der Waals surface area contributed by atoms with Crippen LogP contribution >= 0.6 is 15.9 Å². The number of ether oxygens (including phenoxy) is 1. The molecule has 23 heavy (non-hydrogen) atoms. The molecule has 2 aromatic rings. The molecule has 0 spiro atoms. The number of rotatable bonds is 6. The summed E-state index contributed by atoms with van der Waals surface area (Å²) in [6.45, 7) is 7.34. The van der Waals surface area contributed by atoms with Gasteiger partial charge in [0.2, 0.25) is 0 Å². The van der Waals surface area contributed by atoms with E-state index >= 15 is 0 Å². The van der Waals surface area contributed by atoms with Crippen LogP contribution in [0, 0.1) is 20.8 Å².